The van der Waals surface area contributed by atoms with Crippen molar-refractivity contribution in [1.82, 2.24) is 9.80 Å². The summed E-state index contributed by atoms with van der Waals surface area (Å²) in [6, 6.07) is 6.93. The van der Waals surface area contributed by atoms with Gasteiger partial charge in [0.2, 0.25) is 0 Å². The third-order valence-corrected chi connectivity index (χ3v) is 3.88. The van der Waals surface area contributed by atoms with Crippen molar-refractivity contribution in [2.24, 2.45) is 0 Å². The summed E-state index contributed by atoms with van der Waals surface area (Å²) in [6.07, 6.45) is 0.846. The Hall–Kier alpha value is -1.59. The zero-order valence-electron chi connectivity index (χ0n) is 12.8. The summed E-state index contributed by atoms with van der Waals surface area (Å²) >= 11 is 5.85. The average Bonchev–Trinajstić information content (AvgIpc) is 2.73. The molecule has 0 N–H and O–H groups in total. The van der Waals surface area contributed by atoms with Gasteiger partial charge in [-0.3, -0.25) is 14.5 Å². The molecule has 1 fully saturated rings. The minimum absolute atomic E-state index is 0.00894. The quantitative estimate of drug-likeness (QED) is 0.795. The van der Waals surface area contributed by atoms with Crippen molar-refractivity contribution < 1.29 is 14.3 Å². The lowest BCUT2D eigenvalue weighted by molar-refractivity contribution is -0.144. The number of carbonyl (C=O) groups excluding carboxylic acids is 2. The van der Waals surface area contributed by atoms with Crippen molar-refractivity contribution in [3.63, 3.8) is 0 Å². The van der Waals surface area contributed by atoms with Gasteiger partial charge in [-0.25, -0.2) is 0 Å². The normalized spacial score (nSPS) is 16.2. The van der Waals surface area contributed by atoms with Crippen LogP contribution in [0.2, 0.25) is 5.02 Å². The Bertz CT molecular complexity index is 519. The van der Waals surface area contributed by atoms with Gasteiger partial charge in [0.1, 0.15) is 0 Å². The first-order valence-corrected chi connectivity index (χ1v) is 7.90. The van der Waals surface area contributed by atoms with Crippen LogP contribution in [0.3, 0.4) is 0 Å². The second kappa shape index (κ2) is 8.15. The number of rotatable bonds is 4. The standard InChI is InChI=1S/C16H21ClN2O3/c1-2-22-15(20)12-18-8-3-9-19(11-10-18)16(21)13-4-6-14(17)7-5-13/h4-7H,2-3,8-12H2,1H3. The maximum Gasteiger partial charge on any atom is 0.320 e. The van der Waals surface area contributed by atoms with Gasteiger partial charge >= 0.3 is 5.97 Å². The monoisotopic (exact) mass is 324 g/mol. The Morgan fingerprint density at radius 2 is 1.86 bits per heavy atom. The van der Waals surface area contributed by atoms with Crippen molar-refractivity contribution in [3.05, 3.63) is 34.9 Å². The molecule has 1 saturated heterocycles. The van der Waals surface area contributed by atoms with E-state index in [1.807, 2.05) is 9.80 Å². The fourth-order valence-corrected chi connectivity index (χ4v) is 2.62. The van der Waals surface area contributed by atoms with E-state index < -0.39 is 0 Å². The van der Waals surface area contributed by atoms with Crippen LogP contribution in [0.25, 0.3) is 0 Å². The molecule has 0 aliphatic carbocycles. The fraction of sp³-hybridized carbons (Fsp3) is 0.500. The number of carbonyl (C=O) groups is 2. The minimum Gasteiger partial charge on any atom is -0.465 e. The molecule has 0 aromatic heterocycles. The molecule has 22 heavy (non-hydrogen) atoms. The Kier molecular flexibility index (Phi) is 6.21. The second-order valence-electron chi connectivity index (χ2n) is 5.23. The van der Waals surface area contributed by atoms with E-state index in [1.54, 1.807) is 31.2 Å². The molecule has 1 heterocycles. The Morgan fingerprint density at radius 3 is 2.55 bits per heavy atom. The van der Waals surface area contributed by atoms with E-state index in [4.69, 9.17) is 16.3 Å². The Balaban J connectivity index is 1.91. The topological polar surface area (TPSA) is 49.9 Å². The average molecular weight is 325 g/mol. The highest BCUT2D eigenvalue weighted by atomic mass is 35.5. The van der Waals surface area contributed by atoms with Crippen LogP contribution in [0.15, 0.2) is 24.3 Å². The minimum atomic E-state index is -0.208. The fourth-order valence-electron chi connectivity index (χ4n) is 2.50. The van der Waals surface area contributed by atoms with Gasteiger partial charge in [-0.15, -0.1) is 0 Å². The maximum atomic E-state index is 12.5. The third-order valence-electron chi connectivity index (χ3n) is 3.62. The van der Waals surface area contributed by atoms with Crippen molar-refractivity contribution in [3.8, 4) is 0 Å². The summed E-state index contributed by atoms with van der Waals surface area (Å²) in [6.45, 7) is 5.26. The Labute approximate surface area is 135 Å². The molecule has 0 atom stereocenters. The smallest absolute Gasteiger partial charge is 0.320 e. The predicted octanol–water partition coefficient (Wildman–Crippen LogP) is 2.05. The molecular weight excluding hydrogens is 304 g/mol. The molecule has 1 aromatic carbocycles. The summed E-state index contributed by atoms with van der Waals surface area (Å²) in [4.78, 5) is 27.9. The van der Waals surface area contributed by atoms with Crippen LogP contribution in [0.1, 0.15) is 23.7 Å². The van der Waals surface area contributed by atoms with Gasteiger partial charge < -0.3 is 9.64 Å². The van der Waals surface area contributed by atoms with E-state index >= 15 is 0 Å². The number of hydrogen-bond donors (Lipinski definition) is 0. The highest BCUT2D eigenvalue weighted by molar-refractivity contribution is 6.30. The van der Waals surface area contributed by atoms with Crippen LogP contribution in [0.5, 0.6) is 0 Å². The molecule has 6 heteroatoms. The van der Waals surface area contributed by atoms with Crippen LogP contribution in [-0.4, -0.2) is 61.0 Å². The first-order chi connectivity index (χ1) is 10.6. The van der Waals surface area contributed by atoms with Gasteiger partial charge in [-0.2, -0.15) is 0 Å². The largest absolute Gasteiger partial charge is 0.465 e. The summed E-state index contributed by atoms with van der Waals surface area (Å²) < 4.78 is 4.97. The van der Waals surface area contributed by atoms with Crippen LogP contribution < -0.4 is 0 Å². The van der Waals surface area contributed by atoms with Crippen molar-refractivity contribution >= 4 is 23.5 Å². The molecule has 1 aliphatic heterocycles. The van der Waals surface area contributed by atoms with E-state index in [9.17, 15) is 9.59 Å². The van der Waals surface area contributed by atoms with Gasteiger partial charge in [0.15, 0.2) is 0 Å². The third kappa shape index (κ3) is 4.71. The van der Waals surface area contributed by atoms with Crippen LogP contribution in [0.4, 0.5) is 0 Å². The molecule has 120 valence electrons. The molecule has 0 radical (unpaired) electrons. The molecule has 0 bridgehead atoms. The van der Waals surface area contributed by atoms with Crippen molar-refractivity contribution in [2.45, 2.75) is 13.3 Å². The Morgan fingerprint density at radius 1 is 1.14 bits per heavy atom. The second-order valence-corrected chi connectivity index (χ2v) is 5.67. The van der Waals surface area contributed by atoms with Crippen LogP contribution in [-0.2, 0) is 9.53 Å². The van der Waals surface area contributed by atoms with Crippen LogP contribution in [0, 0.1) is 0 Å². The number of benzene rings is 1. The van der Waals surface area contributed by atoms with E-state index in [2.05, 4.69) is 0 Å². The molecule has 1 aliphatic rings. The van der Waals surface area contributed by atoms with E-state index in [0.717, 1.165) is 13.0 Å². The lowest BCUT2D eigenvalue weighted by Gasteiger charge is -2.21. The summed E-state index contributed by atoms with van der Waals surface area (Å²) in [5.41, 5.74) is 0.642. The molecule has 0 spiro atoms. The number of nitrogens with zero attached hydrogens (tertiary/aromatic N) is 2. The zero-order chi connectivity index (χ0) is 15.9. The van der Waals surface area contributed by atoms with E-state index in [1.165, 1.54) is 0 Å². The molecule has 1 aromatic rings. The first kappa shape index (κ1) is 16.8. The van der Waals surface area contributed by atoms with Gasteiger partial charge in [0.05, 0.1) is 13.2 Å². The summed E-state index contributed by atoms with van der Waals surface area (Å²) in [5, 5.41) is 0.619. The SMILES string of the molecule is CCOC(=O)CN1CCCN(C(=O)c2ccc(Cl)cc2)CC1. The molecule has 2 rings (SSSR count). The lowest BCUT2D eigenvalue weighted by Crippen LogP contribution is -2.37. The van der Waals surface area contributed by atoms with Crippen molar-refractivity contribution in [1.29, 1.82) is 0 Å². The molecule has 5 nitrogen and oxygen atoms in total. The van der Waals surface area contributed by atoms with Crippen molar-refractivity contribution in [2.75, 3.05) is 39.3 Å². The van der Waals surface area contributed by atoms with Gasteiger partial charge in [-0.1, -0.05) is 11.6 Å². The summed E-state index contributed by atoms with van der Waals surface area (Å²) in [5.74, 6) is -0.199. The molecular formula is C16H21ClN2O3. The zero-order valence-corrected chi connectivity index (χ0v) is 13.5. The van der Waals surface area contributed by atoms with E-state index in [-0.39, 0.29) is 18.4 Å². The highest BCUT2D eigenvalue weighted by Gasteiger charge is 2.21. The number of esters is 1. The van der Waals surface area contributed by atoms with E-state index in [0.29, 0.717) is 36.8 Å². The number of amides is 1. The van der Waals surface area contributed by atoms with Gasteiger partial charge in [0.25, 0.3) is 5.91 Å². The number of halogens is 1. The van der Waals surface area contributed by atoms with Gasteiger partial charge in [-0.05, 0) is 37.6 Å². The number of hydrogen-bond acceptors (Lipinski definition) is 4. The van der Waals surface area contributed by atoms with Crippen LogP contribution >= 0.6 is 11.6 Å². The first-order valence-electron chi connectivity index (χ1n) is 7.53. The summed E-state index contributed by atoms with van der Waals surface area (Å²) in [7, 11) is 0. The molecule has 1 amide bonds. The number of ether oxygens (including phenoxy) is 1. The van der Waals surface area contributed by atoms with Gasteiger partial charge in [0, 0.05) is 36.8 Å². The maximum absolute atomic E-state index is 12.5. The molecule has 0 saturated carbocycles. The highest BCUT2D eigenvalue weighted by Crippen LogP contribution is 2.13. The predicted molar refractivity (Wildman–Crippen MR) is 85.0 cm³/mol. The lowest BCUT2D eigenvalue weighted by atomic mass is 10.2. The molecule has 0 unspecified atom stereocenters.